The van der Waals surface area contributed by atoms with Gasteiger partial charge in [0.25, 0.3) is 5.91 Å². The van der Waals surface area contributed by atoms with Gasteiger partial charge in [-0.2, -0.15) is 0 Å². The van der Waals surface area contributed by atoms with Crippen molar-refractivity contribution in [3.8, 4) is 11.5 Å². The largest absolute Gasteiger partial charge is 0.493 e. The van der Waals surface area contributed by atoms with Gasteiger partial charge < -0.3 is 19.5 Å². The van der Waals surface area contributed by atoms with Crippen molar-refractivity contribution in [2.24, 2.45) is 4.99 Å². The van der Waals surface area contributed by atoms with Crippen molar-refractivity contribution in [2.75, 3.05) is 26.9 Å². The van der Waals surface area contributed by atoms with Crippen molar-refractivity contribution in [1.29, 1.82) is 0 Å². The number of rotatable bonds is 9. The molecule has 0 spiro atoms. The molecule has 3 aromatic carbocycles. The highest BCUT2D eigenvalue weighted by Gasteiger charge is 2.30. The van der Waals surface area contributed by atoms with Crippen molar-refractivity contribution in [2.45, 2.75) is 19.5 Å². The highest BCUT2D eigenvalue weighted by Crippen LogP contribution is 2.35. The summed E-state index contributed by atoms with van der Waals surface area (Å²) in [6.45, 7) is 2.58. The van der Waals surface area contributed by atoms with Gasteiger partial charge in [-0.1, -0.05) is 47.5 Å². The van der Waals surface area contributed by atoms with E-state index in [1.54, 1.807) is 12.1 Å². The van der Waals surface area contributed by atoms with E-state index in [1.165, 1.54) is 19.2 Å². The van der Waals surface area contributed by atoms with Crippen LogP contribution >= 0.6 is 23.2 Å². The average Bonchev–Trinajstić information content (AvgIpc) is 3.01. The SMILES string of the molecule is CCOc1cc(Cl)cc(Cl)c1C1=NC(NC(=O)c2cc(F)ccc2OCCOC)C(=O)Cc2ccccc21. The molecule has 198 valence electrons. The van der Waals surface area contributed by atoms with Crippen molar-refractivity contribution in [3.05, 3.63) is 92.7 Å². The Bertz CT molecular complexity index is 1400. The summed E-state index contributed by atoms with van der Waals surface area (Å²) >= 11 is 12.8. The van der Waals surface area contributed by atoms with Gasteiger partial charge in [0.2, 0.25) is 0 Å². The minimum absolute atomic E-state index is 0.00361. The maximum absolute atomic E-state index is 14.1. The fraction of sp³-hybridized carbons (Fsp3) is 0.250. The fourth-order valence-electron chi connectivity index (χ4n) is 4.06. The van der Waals surface area contributed by atoms with Crippen molar-refractivity contribution >= 4 is 40.6 Å². The van der Waals surface area contributed by atoms with E-state index in [2.05, 4.69) is 10.3 Å². The molecule has 0 bridgehead atoms. The van der Waals surface area contributed by atoms with E-state index in [4.69, 9.17) is 37.4 Å². The van der Waals surface area contributed by atoms with E-state index in [-0.39, 0.29) is 41.8 Å². The summed E-state index contributed by atoms with van der Waals surface area (Å²) in [5, 5.41) is 3.28. The van der Waals surface area contributed by atoms with Gasteiger partial charge >= 0.3 is 0 Å². The highest BCUT2D eigenvalue weighted by atomic mass is 35.5. The monoisotopic (exact) mass is 558 g/mol. The van der Waals surface area contributed by atoms with Gasteiger partial charge in [-0.3, -0.25) is 14.6 Å². The van der Waals surface area contributed by atoms with Crippen LogP contribution < -0.4 is 14.8 Å². The Hall–Kier alpha value is -3.46. The number of hydrogen-bond acceptors (Lipinski definition) is 6. The van der Waals surface area contributed by atoms with Crippen LogP contribution in [0.15, 0.2) is 59.6 Å². The van der Waals surface area contributed by atoms with E-state index in [1.807, 2.05) is 31.2 Å². The van der Waals surface area contributed by atoms with E-state index >= 15 is 0 Å². The third-order valence-electron chi connectivity index (χ3n) is 5.75. The number of carbonyl (C=O) groups is 2. The molecule has 0 aromatic heterocycles. The first kappa shape index (κ1) is 27.6. The number of aliphatic imine (C=N–C) groups is 1. The third kappa shape index (κ3) is 6.15. The topological polar surface area (TPSA) is 86.2 Å². The first-order chi connectivity index (χ1) is 18.3. The Kier molecular flexibility index (Phi) is 8.99. The number of methoxy groups -OCH3 is 1. The number of hydrogen-bond donors (Lipinski definition) is 1. The van der Waals surface area contributed by atoms with Crippen molar-refractivity contribution in [3.63, 3.8) is 0 Å². The molecular formula is C28H25Cl2FN2O5. The van der Waals surface area contributed by atoms with E-state index in [9.17, 15) is 14.0 Å². The number of nitrogens with one attached hydrogen (secondary N) is 1. The Labute approximate surface area is 229 Å². The molecule has 1 N–H and O–H groups in total. The zero-order valence-electron chi connectivity index (χ0n) is 20.7. The van der Waals surface area contributed by atoms with Crippen LogP contribution in [0.1, 0.15) is 34.0 Å². The molecule has 0 aliphatic carbocycles. The smallest absolute Gasteiger partial charge is 0.257 e. The van der Waals surface area contributed by atoms with Gasteiger partial charge in [-0.15, -0.1) is 0 Å². The molecule has 0 saturated carbocycles. The second-order valence-corrected chi connectivity index (χ2v) is 9.17. The van der Waals surface area contributed by atoms with E-state index in [0.717, 1.165) is 6.07 Å². The molecule has 0 fully saturated rings. The minimum atomic E-state index is -1.29. The first-order valence-electron chi connectivity index (χ1n) is 11.9. The van der Waals surface area contributed by atoms with Crippen molar-refractivity contribution in [1.82, 2.24) is 5.32 Å². The number of ketones is 1. The second-order valence-electron chi connectivity index (χ2n) is 8.33. The molecule has 7 nitrogen and oxygen atoms in total. The maximum atomic E-state index is 14.1. The zero-order valence-corrected chi connectivity index (χ0v) is 22.2. The normalized spacial score (nSPS) is 14.8. The molecule has 1 amide bonds. The van der Waals surface area contributed by atoms with Gasteiger partial charge in [-0.25, -0.2) is 4.39 Å². The van der Waals surface area contributed by atoms with Crippen LogP contribution in [0.3, 0.4) is 0 Å². The quantitative estimate of drug-likeness (QED) is 0.361. The second kappa shape index (κ2) is 12.4. The Morgan fingerprint density at radius 3 is 2.63 bits per heavy atom. The molecule has 10 heteroatoms. The van der Waals surface area contributed by atoms with Crippen LogP contribution in [0.5, 0.6) is 11.5 Å². The number of carbonyl (C=O) groups excluding carboxylic acids is 2. The maximum Gasteiger partial charge on any atom is 0.257 e. The first-order valence-corrected chi connectivity index (χ1v) is 12.6. The molecule has 1 aliphatic heterocycles. The number of Topliss-reactive ketones (excluding diaryl/α,β-unsaturated/α-hetero) is 1. The molecule has 38 heavy (non-hydrogen) atoms. The van der Waals surface area contributed by atoms with Gasteiger partial charge in [0.15, 0.2) is 11.9 Å². The van der Waals surface area contributed by atoms with Crippen LogP contribution in [0, 0.1) is 5.82 Å². The summed E-state index contributed by atoms with van der Waals surface area (Å²) in [4.78, 5) is 31.3. The summed E-state index contributed by atoms with van der Waals surface area (Å²) in [6.07, 6.45) is -1.29. The number of fused-ring (bicyclic) bond motifs is 1. The lowest BCUT2D eigenvalue weighted by Gasteiger charge is -2.18. The Morgan fingerprint density at radius 1 is 1.08 bits per heavy atom. The lowest BCUT2D eigenvalue weighted by atomic mass is 9.95. The standard InChI is InChI=1S/C28H25Cl2FN2O5/c1-3-37-24-14-17(29)13-21(30)25(24)26-19-7-5-4-6-16(19)12-22(34)27(32-26)33-28(35)20-15-18(31)8-9-23(20)38-11-10-36-2/h4-9,13-15,27H,3,10-12H2,1-2H3,(H,33,35). The summed E-state index contributed by atoms with van der Waals surface area (Å²) < 4.78 is 30.4. The Balaban J connectivity index is 1.78. The average molecular weight is 559 g/mol. The molecule has 0 saturated heterocycles. The van der Waals surface area contributed by atoms with Gasteiger partial charge in [0.05, 0.1) is 35.1 Å². The molecule has 1 unspecified atom stereocenters. The van der Waals surface area contributed by atoms with Crippen LogP contribution in [0.2, 0.25) is 10.0 Å². The number of nitrogens with zero attached hydrogens (tertiary/aromatic N) is 1. The molecule has 1 heterocycles. The van der Waals surface area contributed by atoms with Crippen molar-refractivity contribution < 1.29 is 28.2 Å². The Morgan fingerprint density at radius 2 is 1.87 bits per heavy atom. The number of halogens is 3. The lowest BCUT2D eigenvalue weighted by Crippen LogP contribution is -2.40. The fourth-order valence-corrected chi connectivity index (χ4v) is 4.63. The summed E-state index contributed by atoms with van der Waals surface area (Å²) in [6, 6.07) is 14.0. The van der Waals surface area contributed by atoms with Gasteiger partial charge in [0, 0.05) is 24.1 Å². The number of ether oxygens (including phenoxy) is 3. The molecule has 4 rings (SSSR count). The lowest BCUT2D eigenvalue weighted by molar-refractivity contribution is -0.120. The zero-order chi connectivity index (χ0) is 27.2. The molecule has 0 radical (unpaired) electrons. The summed E-state index contributed by atoms with van der Waals surface area (Å²) in [5.41, 5.74) is 2.09. The summed E-state index contributed by atoms with van der Waals surface area (Å²) in [7, 11) is 1.51. The van der Waals surface area contributed by atoms with Crippen LogP contribution in [0.4, 0.5) is 4.39 Å². The van der Waals surface area contributed by atoms with Crippen LogP contribution in [0.25, 0.3) is 0 Å². The van der Waals surface area contributed by atoms with Gasteiger partial charge in [-0.05, 0) is 42.8 Å². The summed E-state index contributed by atoms with van der Waals surface area (Å²) in [5.74, 6) is -1.18. The molecule has 3 aromatic rings. The molecule has 1 aliphatic rings. The van der Waals surface area contributed by atoms with E-state index < -0.39 is 17.9 Å². The van der Waals surface area contributed by atoms with Crippen LogP contribution in [-0.2, 0) is 16.0 Å². The predicted octanol–water partition coefficient (Wildman–Crippen LogP) is 5.28. The van der Waals surface area contributed by atoms with Gasteiger partial charge in [0.1, 0.15) is 23.9 Å². The van der Waals surface area contributed by atoms with E-state index in [0.29, 0.717) is 39.8 Å². The molecular weight excluding hydrogens is 534 g/mol. The molecule has 1 atom stereocenters. The third-order valence-corrected chi connectivity index (χ3v) is 6.27. The minimum Gasteiger partial charge on any atom is -0.493 e. The predicted molar refractivity (Wildman–Crippen MR) is 143 cm³/mol. The number of amides is 1. The number of benzene rings is 3. The highest BCUT2D eigenvalue weighted by molar-refractivity contribution is 6.38. The van der Waals surface area contributed by atoms with Crippen LogP contribution in [-0.4, -0.2) is 50.5 Å².